The minimum atomic E-state index is -4.21. The van der Waals surface area contributed by atoms with Gasteiger partial charge in [0, 0.05) is 37.6 Å². The lowest BCUT2D eigenvalue weighted by atomic mass is 10.1. The van der Waals surface area contributed by atoms with Crippen LogP contribution < -0.4 is 4.74 Å². The summed E-state index contributed by atoms with van der Waals surface area (Å²) in [7, 11) is 0. The van der Waals surface area contributed by atoms with Crippen LogP contribution in [0.25, 0.3) is 0 Å². The number of unbranched alkanes of at least 4 members (excludes halogenated alkanes) is 3. The Bertz CT molecular complexity index is 1060. The molecule has 1 amide bonds. The normalized spacial score (nSPS) is 12.2. The summed E-state index contributed by atoms with van der Waals surface area (Å²) in [6.45, 7) is 1.89. The summed E-state index contributed by atoms with van der Waals surface area (Å²) in [5, 5.41) is 9.23. The highest BCUT2D eigenvalue weighted by Gasteiger charge is 2.26. The number of alkyl halides is 3. The molecule has 0 heterocycles. The summed E-state index contributed by atoms with van der Waals surface area (Å²) in [5.41, 5.74) is 0.726. The summed E-state index contributed by atoms with van der Waals surface area (Å²) in [5.74, 6) is -2.20. The maximum absolute atomic E-state index is 13.9. The molecule has 0 saturated heterocycles. The number of benzene rings is 2. The molecule has 1 atom stereocenters. The van der Waals surface area contributed by atoms with Crippen molar-refractivity contribution in [3.05, 3.63) is 65.2 Å². The number of hydrogen-bond acceptors (Lipinski definition) is 5. The first kappa shape index (κ1) is 32.8. The Kier molecular flexibility index (Phi) is 13.6. The van der Waals surface area contributed by atoms with E-state index in [-0.39, 0.29) is 44.7 Å². The van der Waals surface area contributed by atoms with Crippen LogP contribution in [0.5, 0.6) is 5.75 Å². The molecule has 0 aliphatic carbocycles. The molecule has 0 spiro atoms. The van der Waals surface area contributed by atoms with E-state index >= 15 is 0 Å². The summed E-state index contributed by atoms with van der Waals surface area (Å²) in [4.78, 5) is 25.3. The molecular formula is C28H34F5NO6. The van der Waals surface area contributed by atoms with Crippen molar-refractivity contribution in [1.82, 2.24) is 4.90 Å². The van der Waals surface area contributed by atoms with Gasteiger partial charge in [-0.05, 0) is 49.6 Å². The molecule has 2 rings (SSSR count). The molecular weight excluding hydrogens is 541 g/mol. The van der Waals surface area contributed by atoms with E-state index in [1.807, 2.05) is 0 Å². The third-order valence-electron chi connectivity index (χ3n) is 5.88. The molecule has 1 N–H and O–H groups in total. The Morgan fingerprint density at radius 3 is 2.30 bits per heavy atom. The molecule has 1 unspecified atom stereocenters. The topological polar surface area (TPSA) is 85.3 Å². The molecule has 222 valence electrons. The average Bonchev–Trinajstić information content (AvgIpc) is 2.88. The number of carboxylic acid groups (broad SMARTS) is 1. The number of carbonyl (C=O) groups excluding carboxylic acids is 1. The molecule has 7 nitrogen and oxygen atoms in total. The summed E-state index contributed by atoms with van der Waals surface area (Å²) in [6, 6.07) is 9.61. The molecule has 0 saturated carbocycles. The molecule has 0 aliphatic rings. The maximum Gasteiger partial charge on any atom is 0.410 e. The highest BCUT2D eigenvalue weighted by molar-refractivity contribution is 5.72. The third kappa shape index (κ3) is 12.6. The number of ether oxygens (including phenoxy) is 3. The van der Waals surface area contributed by atoms with Gasteiger partial charge in [0.15, 0.2) is 6.10 Å². The van der Waals surface area contributed by atoms with E-state index in [0.717, 1.165) is 11.6 Å². The number of carbonyl (C=O) groups is 2. The van der Waals surface area contributed by atoms with Crippen LogP contribution in [0.4, 0.5) is 26.7 Å². The van der Waals surface area contributed by atoms with E-state index in [1.165, 1.54) is 11.0 Å². The number of carboxylic acids is 1. The highest BCUT2D eigenvalue weighted by atomic mass is 19.4. The number of aliphatic carboxylic acids is 1. The zero-order valence-corrected chi connectivity index (χ0v) is 22.2. The van der Waals surface area contributed by atoms with E-state index in [9.17, 15) is 36.6 Å². The van der Waals surface area contributed by atoms with Gasteiger partial charge in [0.05, 0.1) is 6.54 Å². The second-order valence-electron chi connectivity index (χ2n) is 9.04. The van der Waals surface area contributed by atoms with Crippen molar-refractivity contribution in [1.29, 1.82) is 0 Å². The van der Waals surface area contributed by atoms with Crippen molar-refractivity contribution in [2.75, 3.05) is 26.3 Å². The van der Waals surface area contributed by atoms with E-state index in [4.69, 9.17) is 14.2 Å². The van der Waals surface area contributed by atoms with Crippen LogP contribution in [0.2, 0.25) is 0 Å². The molecule has 2 aromatic carbocycles. The van der Waals surface area contributed by atoms with Gasteiger partial charge in [0.2, 0.25) is 0 Å². The Morgan fingerprint density at radius 2 is 1.68 bits per heavy atom. The lowest BCUT2D eigenvalue weighted by Gasteiger charge is -2.22. The summed E-state index contributed by atoms with van der Waals surface area (Å²) < 4.78 is 80.1. The lowest BCUT2D eigenvalue weighted by molar-refractivity contribution is -0.150. The third-order valence-corrected chi connectivity index (χ3v) is 5.88. The zero-order valence-electron chi connectivity index (χ0n) is 22.2. The zero-order chi connectivity index (χ0) is 29.5. The smallest absolute Gasteiger partial charge is 0.410 e. The van der Waals surface area contributed by atoms with Gasteiger partial charge < -0.3 is 24.2 Å². The first-order valence-electron chi connectivity index (χ1n) is 13.0. The average molecular weight is 576 g/mol. The van der Waals surface area contributed by atoms with Crippen molar-refractivity contribution in [2.24, 2.45) is 0 Å². The first-order chi connectivity index (χ1) is 19.0. The van der Waals surface area contributed by atoms with Crippen LogP contribution in [0, 0.1) is 11.6 Å². The molecule has 12 heteroatoms. The van der Waals surface area contributed by atoms with Crippen molar-refractivity contribution in [3.8, 4) is 5.75 Å². The van der Waals surface area contributed by atoms with Crippen LogP contribution >= 0.6 is 0 Å². The van der Waals surface area contributed by atoms with Crippen LogP contribution in [-0.2, 0) is 27.3 Å². The second-order valence-corrected chi connectivity index (χ2v) is 9.04. The molecule has 0 fully saturated rings. The maximum atomic E-state index is 13.9. The summed E-state index contributed by atoms with van der Waals surface area (Å²) >= 11 is 0. The van der Waals surface area contributed by atoms with E-state index in [1.54, 1.807) is 31.2 Å². The quantitative estimate of drug-likeness (QED) is 0.171. The molecule has 0 bridgehead atoms. The van der Waals surface area contributed by atoms with Crippen molar-refractivity contribution in [3.63, 3.8) is 0 Å². The Balaban J connectivity index is 1.90. The van der Waals surface area contributed by atoms with E-state index < -0.39 is 49.0 Å². The predicted molar refractivity (Wildman–Crippen MR) is 136 cm³/mol. The fourth-order valence-corrected chi connectivity index (χ4v) is 3.77. The SMILES string of the molecule is CCOC(Cc1ccc(OCCN(CCCCCCC(F)(F)F)C(=O)OCc2ccc(F)cc2F)cc1)C(=O)O. The van der Waals surface area contributed by atoms with Gasteiger partial charge in [0.1, 0.15) is 30.6 Å². The van der Waals surface area contributed by atoms with Crippen LogP contribution in [0.3, 0.4) is 0 Å². The number of amides is 1. The standard InChI is InChI=1S/C28H34F5NO6/c1-2-38-25(26(35)36)17-20-7-11-23(12-8-20)39-16-15-34(14-6-4-3-5-13-28(31,32)33)27(37)40-19-21-9-10-22(29)18-24(21)30/h7-12,18,25H,2-6,13-17,19H2,1H3,(H,35,36). The molecule has 0 aromatic heterocycles. The molecule has 0 radical (unpaired) electrons. The van der Waals surface area contributed by atoms with Gasteiger partial charge in [-0.1, -0.05) is 25.0 Å². The van der Waals surface area contributed by atoms with Gasteiger partial charge >= 0.3 is 18.2 Å². The minimum absolute atomic E-state index is 0.00528. The Labute approximate surface area is 229 Å². The predicted octanol–water partition coefficient (Wildman–Crippen LogP) is 6.53. The number of rotatable bonds is 17. The number of hydrogen-bond donors (Lipinski definition) is 1. The molecule has 2 aromatic rings. The molecule has 0 aliphatic heterocycles. The first-order valence-corrected chi connectivity index (χ1v) is 13.0. The van der Waals surface area contributed by atoms with E-state index in [2.05, 4.69) is 0 Å². The van der Waals surface area contributed by atoms with Gasteiger partial charge in [0.25, 0.3) is 0 Å². The van der Waals surface area contributed by atoms with Crippen LogP contribution in [0.1, 0.15) is 50.2 Å². The van der Waals surface area contributed by atoms with Crippen molar-refractivity contribution < 1.29 is 50.9 Å². The van der Waals surface area contributed by atoms with Gasteiger partial charge in [-0.25, -0.2) is 18.4 Å². The van der Waals surface area contributed by atoms with E-state index in [0.29, 0.717) is 31.1 Å². The van der Waals surface area contributed by atoms with Crippen molar-refractivity contribution in [2.45, 2.75) is 64.3 Å². The van der Waals surface area contributed by atoms with Gasteiger partial charge in [-0.2, -0.15) is 13.2 Å². The van der Waals surface area contributed by atoms with Crippen LogP contribution in [0.15, 0.2) is 42.5 Å². The monoisotopic (exact) mass is 575 g/mol. The molecule has 40 heavy (non-hydrogen) atoms. The van der Waals surface area contributed by atoms with Crippen LogP contribution in [-0.4, -0.2) is 60.7 Å². The summed E-state index contributed by atoms with van der Waals surface area (Å²) in [6.07, 6.45) is -5.39. The fraction of sp³-hybridized carbons (Fsp3) is 0.500. The lowest BCUT2D eigenvalue weighted by Crippen LogP contribution is -2.36. The highest BCUT2D eigenvalue weighted by Crippen LogP contribution is 2.23. The minimum Gasteiger partial charge on any atom is -0.492 e. The Morgan fingerprint density at radius 1 is 0.975 bits per heavy atom. The van der Waals surface area contributed by atoms with Gasteiger partial charge in [-0.3, -0.25) is 0 Å². The number of nitrogens with zero attached hydrogens (tertiary/aromatic N) is 1. The number of halogens is 5. The van der Waals surface area contributed by atoms with Crippen molar-refractivity contribution >= 4 is 12.1 Å². The second kappa shape index (κ2) is 16.6. The Hall–Kier alpha value is -3.41. The fourth-order valence-electron chi connectivity index (χ4n) is 3.77. The van der Waals surface area contributed by atoms with Gasteiger partial charge in [-0.15, -0.1) is 0 Å². The largest absolute Gasteiger partial charge is 0.492 e.